The maximum Gasteiger partial charge on any atom is 0.270 e. The first-order chi connectivity index (χ1) is 10.3. The first kappa shape index (κ1) is 13.2. The predicted molar refractivity (Wildman–Crippen MR) is 80.1 cm³/mol. The molecule has 112 valence electrons. The molecule has 0 aromatic carbocycles. The molecule has 5 heteroatoms. The molecule has 3 N–H and O–H groups in total. The van der Waals surface area contributed by atoms with E-state index in [2.05, 4.69) is 27.0 Å². The molecular formula is C16H22N4O. The average molecular weight is 286 g/mol. The van der Waals surface area contributed by atoms with Gasteiger partial charge in [0.2, 0.25) is 0 Å². The molecule has 1 aromatic rings. The zero-order valence-electron chi connectivity index (χ0n) is 12.2. The van der Waals surface area contributed by atoms with Crippen molar-refractivity contribution >= 4 is 5.91 Å². The van der Waals surface area contributed by atoms with E-state index < -0.39 is 0 Å². The van der Waals surface area contributed by atoms with Crippen LogP contribution in [-0.2, 0) is 13.0 Å². The lowest BCUT2D eigenvalue weighted by Crippen LogP contribution is -2.52. The highest BCUT2D eigenvalue weighted by Crippen LogP contribution is 2.38. The molecule has 0 spiro atoms. The van der Waals surface area contributed by atoms with E-state index in [1.165, 1.54) is 18.4 Å². The van der Waals surface area contributed by atoms with Gasteiger partial charge in [0, 0.05) is 19.6 Å². The number of amides is 1. The van der Waals surface area contributed by atoms with Crippen molar-refractivity contribution in [2.45, 2.75) is 37.8 Å². The standard InChI is InChI=1S/C16H22N4O/c21-15(20-16-6-1-2-12(16)8-18-10-16)13-4-3-11-5-7-17-9-14(11)19-13/h3-4,12,17-18H,1-2,5-10H2,(H,20,21)/t12-,16-/m0/s1. The smallest absolute Gasteiger partial charge is 0.270 e. The van der Waals surface area contributed by atoms with Crippen molar-refractivity contribution < 1.29 is 4.79 Å². The Balaban J connectivity index is 1.55. The molecule has 3 heterocycles. The van der Waals surface area contributed by atoms with Gasteiger partial charge in [-0.05, 0) is 43.4 Å². The summed E-state index contributed by atoms with van der Waals surface area (Å²) in [6.07, 6.45) is 4.52. The summed E-state index contributed by atoms with van der Waals surface area (Å²) >= 11 is 0. The van der Waals surface area contributed by atoms with Crippen LogP contribution in [0.2, 0.25) is 0 Å². The number of fused-ring (bicyclic) bond motifs is 2. The van der Waals surface area contributed by atoms with Crippen molar-refractivity contribution in [1.29, 1.82) is 0 Å². The second kappa shape index (κ2) is 5.07. The predicted octanol–water partition coefficient (Wildman–Crippen LogP) is 0.599. The van der Waals surface area contributed by atoms with Crippen LogP contribution in [0.5, 0.6) is 0 Å². The summed E-state index contributed by atoms with van der Waals surface area (Å²) in [7, 11) is 0. The van der Waals surface area contributed by atoms with Gasteiger partial charge in [-0.2, -0.15) is 0 Å². The summed E-state index contributed by atoms with van der Waals surface area (Å²) in [5, 5.41) is 10.0. The van der Waals surface area contributed by atoms with E-state index in [0.717, 1.165) is 44.7 Å². The van der Waals surface area contributed by atoms with E-state index in [1.54, 1.807) is 0 Å². The normalized spacial score (nSPS) is 30.8. The number of pyridine rings is 1. The zero-order chi connectivity index (χ0) is 14.3. The lowest BCUT2D eigenvalue weighted by Gasteiger charge is -2.29. The molecule has 1 amide bonds. The number of hydrogen-bond donors (Lipinski definition) is 3. The van der Waals surface area contributed by atoms with E-state index in [-0.39, 0.29) is 11.4 Å². The van der Waals surface area contributed by atoms with Gasteiger partial charge in [0.05, 0.1) is 11.2 Å². The van der Waals surface area contributed by atoms with E-state index in [0.29, 0.717) is 11.6 Å². The van der Waals surface area contributed by atoms with Crippen molar-refractivity contribution in [3.63, 3.8) is 0 Å². The Bertz CT molecular complexity index is 561. The third-order valence-corrected chi connectivity index (χ3v) is 5.32. The maximum atomic E-state index is 12.6. The maximum absolute atomic E-state index is 12.6. The Kier molecular flexibility index (Phi) is 3.19. The van der Waals surface area contributed by atoms with Gasteiger partial charge >= 0.3 is 0 Å². The molecule has 3 aliphatic rings. The molecule has 1 saturated heterocycles. The summed E-state index contributed by atoms with van der Waals surface area (Å²) in [6, 6.07) is 3.94. The summed E-state index contributed by atoms with van der Waals surface area (Å²) < 4.78 is 0. The summed E-state index contributed by atoms with van der Waals surface area (Å²) in [5.41, 5.74) is 2.82. The molecule has 21 heavy (non-hydrogen) atoms. The van der Waals surface area contributed by atoms with Crippen LogP contribution < -0.4 is 16.0 Å². The van der Waals surface area contributed by atoms with Gasteiger partial charge in [-0.15, -0.1) is 0 Å². The molecule has 1 aromatic heterocycles. The molecule has 1 saturated carbocycles. The van der Waals surface area contributed by atoms with Crippen molar-refractivity contribution in [3.05, 3.63) is 29.1 Å². The Morgan fingerprint density at radius 2 is 2.33 bits per heavy atom. The third kappa shape index (κ3) is 2.24. The van der Waals surface area contributed by atoms with Gasteiger partial charge < -0.3 is 16.0 Å². The first-order valence-electron chi connectivity index (χ1n) is 8.00. The molecule has 5 nitrogen and oxygen atoms in total. The van der Waals surface area contributed by atoms with E-state index in [1.807, 2.05) is 6.07 Å². The van der Waals surface area contributed by atoms with Crippen molar-refractivity contribution in [1.82, 2.24) is 20.9 Å². The minimum atomic E-state index is -0.0348. The Labute approximate surface area is 124 Å². The van der Waals surface area contributed by atoms with Gasteiger partial charge in [-0.3, -0.25) is 4.79 Å². The van der Waals surface area contributed by atoms with E-state index in [4.69, 9.17) is 0 Å². The number of hydrogen-bond acceptors (Lipinski definition) is 4. The van der Waals surface area contributed by atoms with E-state index in [9.17, 15) is 4.79 Å². The van der Waals surface area contributed by atoms with Gasteiger partial charge in [0.15, 0.2) is 0 Å². The molecule has 2 atom stereocenters. The lowest BCUT2D eigenvalue weighted by molar-refractivity contribution is 0.0888. The van der Waals surface area contributed by atoms with Crippen LogP contribution in [0.1, 0.15) is 41.0 Å². The van der Waals surface area contributed by atoms with Gasteiger partial charge in [0.25, 0.3) is 5.91 Å². The fourth-order valence-corrected chi connectivity index (χ4v) is 4.11. The van der Waals surface area contributed by atoms with Crippen LogP contribution in [-0.4, -0.2) is 36.1 Å². The summed E-state index contributed by atoms with van der Waals surface area (Å²) in [5.74, 6) is 0.569. The monoisotopic (exact) mass is 286 g/mol. The average Bonchev–Trinajstić information content (AvgIpc) is 3.06. The van der Waals surface area contributed by atoms with Crippen LogP contribution >= 0.6 is 0 Å². The topological polar surface area (TPSA) is 66.0 Å². The largest absolute Gasteiger partial charge is 0.344 e. The number of carbonyl (C=O) groups is 1. The molecule has 0 bridgehead atoms. The fraction of sp³-hybridized carbons (Fsp3) is 0.625. The number of aromatic nitrogens is 1. The van der Waals surface area contributed by atoms with Crippen LogP contribution in [0.4, 0.5) is 0 Å². The van der Waals surface area contributed by atoms with Crippen molar-refractivity contribution in [2.75, 3.05) is 19.6 Å². The molecule has 4 rings (SSSR count). The summed E-state index contributed by atoms with van der Waals surface area (Å²) in [4.78, 5) is 17.2. The minimum Gasteiger partial charge on any atom is -0.344 e. The van der Waals surface area contributed by atoms with Crippen molar-refractivity contribution in [2.24, 2.45) is 5.92 Å². The Hall–Kier alpha value is -1.46. The highest BCUT2D eigenvalue weighted by molar-refractivity contribution is 5.93. The SMILES string of the molecule is O=C(N[C@]12CCC[C@H]1CNC2)c1ccc2c(n1)CNCC2. The number of carbonyl (C=O) groups excluding carboxylic acids is 1. The highest BCUT2D eigenvalue weighted by Gasteiger charge is 2.47. The zero-order valence-corrected chi connectivity index (χ0v) is 12.2. The molecule has 2 aliphatic heterocycles. The van der Waals surface area contributed by atoms with Gasteiger partial charge in [-0.1, -0.05) is 12.5 Å². The van der Waals surface area contributed by atoms with Crippen LogP contribution in [0.3, 0.4) is 0 Å². The number of nitrogens with one attached hydrogen (secondary N) is 3. The third-order valence-electron chi connectivity index (χ3n) is 5.32. The Morgan fingerprint density at radius 1 is 1.38 bits per heavy atom. The van der Waals surface area contributed by atoms with E-state index >= 15 is 0 Å². The quantitative estimate of drug-likeness (QED) is 0.745. The molecular weight excluding hydrogens is 264 g/mol. The molecule has 1 aliphatic carbocycles. The molecule has 0 unspecified atom stereocenters. The van der Waals surface area contributed by atoms with Crippen LogP contribution in [0.25, 0.3) is 0 Å². The molecule has 0 radical (unpaired) electrons. The first-order valence-corrected chi connectivity index (χ1v) is 8.00. The minimum absolute atomic E-state index is 0.0148. The second-order valence-corrected chi connectivity index (χ2v) is 6.56. The number of rotatable bonds is 2. The number of nitrogens with zero attached hydrogens (tertiary/aromatic N) is 1. The molecule has 2 fully saturated rings. The highest BCUT2D eigenvalue weighted by atomic mass is 16.2. The van der Waals surface area contributed by atoms with Gasteiger partial charge in [0.1, 0.15) is 5.69 Å². The van der Waals surface area contributed by atoms with Crippen LogP contribution in [0, 0.1) is 5.92 Å². The van der Waals surface area contributed by atoms with Crippen molar-refractivity contribution in [3.8, 4) is 0 Å². The summed E-state index contributed by atoms with van der Waals surface area (Å²) in [6.45, 7) is 3.69. The van der Waals surface area contributed by atoms with Gasteiger partial charge in [-0.25, -0.2) is 4.98 Å². The lowest BCUT2D eigenvalue weighted by atomic mass is 9.90. The Morgan fingerprint density at radius 3 is 3.29 bits per heavy atom. The second-order valence-electron chi connectivity index (χ2n) is 6.56. The van der Waals surface area contributed by atoms with Crippen LogP contribution in [0.15, 0.2) is 12.1 Å². The fourth-order valence-electron chi connectivity index (χ4n) is 4.11.